The van der Waals surface area contributed by atoms with Gasteiger partial charge >= 0.3 is 0 Å². The van der Waals surface area contributed by atoms with Crippen LogP contribution in [0.1, 0.15) is 151 Å². The second-order valence-corrected chi connectivity index (χ2v) is 17.1. The molecule has 1 heterocycles. The minimum Gasteiger partial charge on any atom is -0.326 e. The van der Waals surface area contributed by atoms with Crippen molar-refractivity contribution in [1.29, 1.82) is 0 Å². The SMILES string of the molecule is CC(C)(C)N.CC(C)CC(CC(C)(C)C)=C1C(=O)CC(C)(C)CC1=O.CC(C)Cc1n[nH]c2c1C(=O)CC(C)(C)C2. The molecule has 1 aromatic rings. The Kier molecular flexibility index (Phi) is 12.6. The largest absolute Gasteiger partial charge is 0.326 e. The lowest BCUT2D eigenvalue weighted by molar-refractivity contribution is -0.127. The van der Waals surface area contributed by atoms with Crippen LogP contribution in [0.15, 0.2) is 11.1 Å². The van der Waals surface area contributed by atoms with E-state index in [1.165, 1.54) is 0 Å². The number of rotatable bonds is 5. The maximum absolute atomic E-state index is 12.5. The van der Waals surface area contributed by atoms with E-state index in [4.69, 9.17) is 5.73 Å². The third kappa shape index (κ3) is 13.6. The number of carbonyl (C=O) groups is 3. The summed E-state index contributed by atoms with van der Waals surface area (Å²) in [4.78, 5) is 37.0. The fourth-order valence-corrected chi connectivity index (χ4v) is 5.53. The van der Waals surface area contributed by atoms with Crippen molar-refractivity contribution in [2.75, 3.05) is 0 Å². The molecule has 0 aromatic carbocycles. The molecule has 0 radical (unpaired) electrons. The number of hydrogen-bond acceptors (Lipinski definition) is 5. The number of allylic oxidation sites excluding steroid dienone is 2. The topological polar surface area (TPSA) is 106 Å². The summed E-state index contributed by atoms with van der Waals surface area (Å²) in [5.41, 5.74) is 9.85. The van der Waals surface area contributed by atoms with Gasteiger partial charge in [-0.2, -0.15) is 5.10 Å². The highest BCUT2D eigenvalue weighted by Gasteiger charge is 2.38. The first kappa shape index (κ1) is 36.9. The van der Waals surface area contributed by atoms with Gasteiger partial charge in [-0.05, 0) is 74.5 Å². The second kappa shape index (κ2) is 13.9. The van der Waals surface area contributed by atoms with E-state index in [0.29, 0.717) is 36.7 Å². The summed E-state index contributed by atoms with van der Waals surface area (Å²) in [7, 11) is 0. The summed E-state index contributed by atoms with van der Waals surface area (Å²) in [6.07, 6.45) is 5.14. The van der Waals surface area contributed by atoms with Crippen LogP contribution in [0.2, 0.25) is 0 Å². The number of fused-ring (bicyclic) bond motifs is 1. The van der Waals surface area contributed by atoms with Crippen LogP contribution in [0, 0.1) is 28.1 Å². The number of nitrogens with zero attached hydrogens (tertiary/aromatic N) is 1. The Morgan fingerprint density at radius 1 is 0.805 bits per heavy atom. The first-order valence-corrected chi connectivity index (χ1v) is 15.5. The third-order valence-electron chi connectivity index (χ3n) is 6.68. The molecule has 6 nitrogen and oxygen atoms in total. The summed E-state index contributed by atoms with van der Waals surface area (Å²) in [5.74, 6) is 1.39. The molecule has 41 heavy (non-hydrogen) atoms. The Hall–Kier alpha value is -2.08. The van der Waals surface area contributed by atoms with Gasteiger partial charge in [0.2, 0.25) is 0 Å². The molecule has 0 unspecified atom stereocenters. The molecular weight excluding hydrogens is 510 g/mol. The summed E-state index contributed by atoms with van der Waals surface area (Å²) in [5, 5.41) is 7.35. The average Bonchev–Trinajstić information content (AvgIpc) is 3.04. The summed E-state index contributed by atoms with van der Waals surface area (Å²) in [6, 6.07) is 0. The van der Waals surface area contributed by atoms with Gasteiger partial charge < -0.3 is 5.73 Å². The fourth-order valence-electron chi connectivity index (χ4n) is 5.53. The zero-order valence-electron chi connectivity index (χ0n) is 28.9. The van der Waals surface area contributed by atoms with Crippen LogP contribution in [-0.4, -0.2) is 33.1 Å². The van der Waals surface area contributed by atoms with Gasteiger partial charge in [-0.3, -0.25) is 19.5 Å². The van der Waals surface area contributed by atoms with Crippen LogP contribution in [0.5, 0.6) is 0 Å². The van der Waals surface area contributed by atoms with Crippen LogP contribution >= 0.6 is 0 Å². The smallest absolute Gasteiger partial charge is 0.167 e. The van der Waals surface area contributed by atoms with E-state index in [1.807, 2.05) is 34.6 Å². The van der Waals surface area contributed by atoms with E-state index >= 15 is 0 Å². The molecule has 0 aliphatic heterocycles. The van der Waals surface area contributed by atoms with Crippen molar-refractivity contribution in [3.8, 4) is 0 Å². The lowest BCUT2D eigenvalue weighted by Gasteiger charge is -2.31. The molecular formula is C35H61N3O3. The zero-order valence-corrected chi connectivity index (χ0v) is 28.9. The molecule has 1 aromatic heterocycles. The quantitative estimate of drug-likeness (QED) is 0.273. The standard InChI is InChI=1S/C18H30O2.C13H20N2O.C4H11N/c1-12(2)8-13(9-17(3,4)5)16-14(19)10-18(6,7)11-15(16)20;1-8(2)5-9-12-10(15-14-9)6-13(3,4)7-11(12)16;1-4(2,3)5/h12H,8-11H2,1-7H3;8H,5-7H2,1-4H3,(H,14,15);5H2,1-3H3. The van der Waals surface area contributed by atoms with Crippen LogP contribution in [0.25, 0.3) is 0 Å². The van der Waals surface area contributed by atoms with Crippen molar-refractivity contribution in [2.24, 2.45) is 33.8 Å². The maximum atomic E-state index is 12.5. The summed E-state index contributed by atoms with van der Waals surface area (Å²) < 4.78 is 0. The fraction of sp³-hybridized carbons (Fsp3) is 0.771. The molecule has 234 valence electrons. The molecule has 2 aliphatic rings. The van der Waals surface area contributed by atoms with Crippen molar-refractivity contribution in [3.05, 3.63) is 28.1 Å². The number of hydrogen-bond donors (Lipinski definition) is 2. The van der Waals surface area contributed by atoms with Gasteiger partial charge in [-0.15, -0.1) is 0 Å². The predicted molar refractivity (Wildman–Crippen MR) is 171 cm³/mol. The number of aromatic nitrogens is 2. The third-order valence-corrected chi connectivity index (χ3v) is 6.68. The van der Waals surface area contributed by atoms with Crippen LogP contribution < -0.4 is 5.73 Å². The monoisotopic (exact) mass is 571 g/mol. The molecule has 0 spiro atoms. The number of carbonyl (C=O) groups excluding carboxylic acids is 3. The molecule has 0 saturated heterocycles. The predicted octanol–water partition coefficient (Wildman–Crippen LogP) is 8.23. The Labute approximate surface area is 251 Å². The molecule has 1 fully saturated rings. The van der Waals surface area contributed by atoms with Gasteiger partial charge in [0.05, 0.1) is 16.8 Å². The first-order chi connectivity index (χ1) is 18.3. The lowest BCUT2D eigenvalue weighted by Crippen LogP contribution is -2.33. The summed E-state index contributed by atoms with van der Waals surface area (Å²) in [6.45, 7) is 29.3. The zero-order chi connectivity index (χ0) is 32.1. The van der Waals surface area contributed by atoms with Crippen molar-refractivity contribution < 1.29 is 14.4 Å². The van der Waals surface area contributed by atoms with E-state index < -0.39 is 0 Å². The maximum Gasteiger partial charge on any atom is 0.167 e. The van der Waals surface area contributed by atoms with Gasteiger partial charge in [-0.1, -0.05) is 81.7 Å². The van der Waals surface area contributed by atoms with Crippen LogP contribution in [0.4, 0.5) is 0 Å². The lowest BCUT2D eigenvalue weighted by atomic mass is 9.71. The van der Waals surface area contributed by atoms with E-state index in [1.54, 1.807) is 0 Å². The van der Waals surface area contributed by atoms with Crippen molar-refractivity contribution >= 4 is 17.3 Å². The molecule has 0 bridgehead atoms. The van der Waals surface area contributed by atoms with E-state index in [0.717, 1.165) is 48.2 Å². The number of nitrogens with two attached hydrogens (primary N) is 1. The molecule has 0 amide bonds. The first-order valence-electron chi connectivity index (χ1n) is 15.5. The normalized spacial score (nSPS) is 18.5. The second-order valence-electron chi connectivity index (χ2n) is 17.1. The highest BCUT2D eigenvalue weighted by Crippen LogP contribution is 2.39. The van der Waals surface area contributed by atoms with Gasteiger partial charge in [-0.25, -0.2) is 0 Å². The highest BCUT2D eigenvalue weighted by atomic mass is 16.2. The van der Waals surface area contributed by atoms with Crippen molar-refractivity contribution in [3.63, 3.8) is 0 Å². The molecule has 1 saturated carbocycles. The molecule has 6 heteroatoms. The van der Waals surface area contributed by atoms with Crippen molar-refractivity contribution in [1.82, 2.24) is 10.2 Å². The highest BCUT2D eigenvalue weighted by molar-refractivity contribution is 6.22. The average molecular weight is 572 g/mol. The summed E-state index contributed by atoms with van der Waals surface area (Å²) >= 11 is 0. The number of H-pyrrole nitrogens is 1. The minimum absolute atomic E-state index is 0. The van der Waals surface area contributed by atoms with Gasteiger partial charge in [0.1, 0.15) is 0 Å². The molecule has 2 aliphatic carbocycles. The number of nitrogens with one attached hydrogen (secondary N) is 1. The Morgan fingerprint density at radius 3 is 1.66 bits per heavy atom. The molecule has 3 rings (SSSR count). The number of Topliss-reactive ketones (excluding diaryl/α,β-unsaturated/α-hetero) is 3. The van der Waals surface area contributed by atoms with Crippen LogP contribution in [0.3, 0.4) is 0 Å². The van der Waals surface area contributed by atoms with Crippen molar-refractivity contribution in [2.45, 2.75) is 147 Å². The van der Waals surface area contributed by atoms with E-state index in [2.05, 4.69) is 72.5 Å². The van der Waals surface area contributed by atoms with E-state index in [-0.39, 0.29) is 39.1 Å². The van der Waals surface area contributed by atoms with Crippen LogP contribution in [-0.2, 0) is 22.4 Å². The van der Waals surface area contributed by atoms with Gasteiger partial charge in [0.15, 0.2) is 17.3 Å². The molecule has 3 N–H and O–H groups in total. The Morgan fingerprint density at radius 2 is 1.24 bits per heavy atom. The van der Waals surface area contributed by atoms with Gasteiger partial charge in [0, 0.05) is 30.5 Å². The number of aromatic amines is 1. The van der Waals surface area contributed by atoms with E-state index in [9.17, 15) is 14.4 Å². The Bertz CT molecular complexity index is 1060. The molecule has 0 atom stereocenters. The van der Waals surface area contributed by atoms with Gasteiger partial charge in [0.25, 0.3) is 0 Å². The Balaban J connectivity index is 0.000000357. The minimum atomic E-state index is -0.178. The number of ketones is 3.